The smallest absolute Gasteiger partial charge is 0.248 e. The molecule has 188 valence electrons. The summed E-state index contributed by atoms with van der Waals surface area (Å²) in [5, 5.41) is 2.59. The summed E-state index contributed by atoms with van der Waals surface area (Å²) >= 11 is 0. The van der Waals surface area contributed by atoms with Crippen molar-refractivity contribution in [2.75, 3.05) is 29.6 Å². The molecule has 2 aromatic rings. The Hall–Kier alpha value is -2.83. The van der Waals surface area contributed by atoms with Crippen molar-refractivity contribution in [2.24, 2.45) is 0 Å². The van der Waals surface area contributed by atoms with Crippen molar-refractivity contribution in [3.63, 3.8) is 0 Å². The Kier molecular flexibility index (Phi) is 8.92. The van der Waals surface area contributed by atoms with Gasteiger partial charge in [0, 0.05) is 6.04 Å². The van der Waals surface area contributed by atoms with E-state index in [1.807, 2.05) is 6.92 Å². The maximum atomic E-state index is 13.1. The zero-order chi connectivity index (χ0) is 25.7. The number of carbonyl (C=O) groups is 1. The molecular weight excluding hydrogens is 482 g/mol. The lowest BCUT2D eigenvalue weighted by atomic mass is 10.2. The molecule has 0 saturated carbocycles. The number of methoxy groups -OCH3 is 1. The predicted molar refractivity (Wildman–Crippen MR) is 131 cm³/mol. The topological polar surface area (TPSA) is 131 Å². The minimum atomic E-state index is -3.85. The van der Waals surface area contributed by atoms with Crippen LogP contribution in [0.4, 0.5) is 11.4 Å². The molecule has 0 heterocycles. The van der Waals surface area contributed by atoms with Crippen LogP contribution in [0.3, 0.4) is 0 Å². The summed E-state index contributed by atoms with van der Waals surface area (Å²) in [6.45, 7) is 7.09. The molecule has 0 spiro atoms. The van der Waals surface area contributed by atoms with Gasteiger partial charge in [-0.05, 0) is 70.2 Å². The van der Waals surface area contributed by atoms with Crippen LogP contribution in [-0.2, 0) is 24.8 Å². The van der Waals surface area contributed by atoms with Crippen molar-refractivity contribution in [3.8, 4) is 11.5 Å². The van der Waals surface area contributed by atoms with E-state index in [1.165, 1.54) is 32.2 Å². The molecule has 0 aliphatic carbocycles. The van der Waals surface area contributed by atoms with Crippen LogP contribution in [0.25, 0.3) is 0 Å². The van der Waals surface area contributed by atoms with Crippen LogP contribution in [0, 0.1) is 0 Å². The Balaban J connectivity index is 2.39. The molecule has 0 aliphatic heterocycles. The number of nitrogens with one attached hydrogen (secondary N) is 2. The number of hydrogen-bond donors (Lipinski definition) is 2. The van der Waals surface area contributed by atoms with Gasteiger partial charge in [-0.1, -0.05) is 0 Å². The van der Waals surface area contributed by atoms with Crippen LogP contribution < -0.4 is 23.8 Å². The van der Waals surface area contributed by atoms with E-state index in [4.69, 9.17) is 9.47 Å². The van der Waals surface area contributed by atoms with E-state index in [-0.39, 0.29) is 28.1 Å². The van der Waals surface area contributed by atoms with E-state index >= 15 is 0 Å². The third kappa shape index (κ3) is 6.84. The molecule has 2 rings (SSSR count). The number of sulfonamides is 2. The fourth-order valence-electron chi connectivity index (χ4n) is 3.23. The van der Waals surface area contributed by atoms with E-state index in [9.17, 15) is 21.6 Å². The summed E-state index contributed by atoms with van der Waals surface area (Å²) in [4.78, 5) is 13.0. The largest absolute Gasteiger partial charge is 0.495 e. The number of hydrogen-bond acceptors (Lipinski definition) is 7. The highest BCUT2D eigenvalue weighted by Crippen LogP contribution is 2.29. The second-order valence-corrected chi connectivity index (χ2v) is 11.4. The summed E-state index contributed by atoms with van der Waals surface area (Å²) in [7, 11) is -6.30. The first-order chi connectivity index (χ1) is 15.8. The third-order valence-corrected chi connectivity index (χ3v) is 7.52. The molecule has 0 bridgehead atoms. The molecule has 0 unspecified atom stereocenters. The van der Waals surface area contributed by atoms with Crippen molar-refractivity contribution >= 4 is 37.3 Å². The second-order valence-electron chi connectivity index (χ2n) is 7.79. The molecule has 2 aromatic carbocycles. The van der Waals surface area contributed by atoms with E-state index in [0.29, 0.717) is 12.4 Å². The Morgan fingerprint density at radius 3 is 2.15 bits per heavy atom. The lowest BCUT2D eigenvalue weighted by Gasteiger charge is -2.28. The maximum absolute atomic E-state index is 13.1. The molecule has 0 aromatic heterocycles. The van der Waals surface area contributed by atoms with Gasteiger partial charge in [0.05, 0.1) is 36.2 Å². The number of rotatable bonds is 11. The molecule has 2 N–H and O–H groups in total. The molecule has 12 heteroatoms. The van der Waals surface area contributed by atoms with Crippen LogP contribution in [0.15, 0.2) is 47.4 Å². The summed E-state index contributed by atoms with van der Waals surface area (Å²) in [5.74, 6) is 0.106. The molecule has 1 atom stereocenters. The van der Waals surface area contributed by atoms with E-state index < -0.39 is 32.0 Å². The summed E-state index contributed by atoms with van der Waals surface area (Å²) in [5.41, 5.74) is 0.365. The first-order valence-corrected chi connectivity index (χ1v) is 13.9. The molecule has 0 saturated heterocycles. The van der Waals surface area contributed by atoms with E-state index in [1.54, 1.807) is 38.1 Å². The Bertz CT molecular complexity index is 1210. The molecule has 0 aliphatic rings. The van der Waals surface area contributed by atoms with Crippen LogP contribution >= 0.6 is 0 Å². The van der Waals surface area contributed by atoms with Crippen LogP contribution in [0.5, 0.6) is 11.5 Å². The standard InChI is InChI=1S/C22H31N3O7S2/c1-7-32-18-10-8-17(9-11-18)25(33(6,27)28)16(4)22(26)23-20-14-19(12-13-21(20)31-5)34(29,30)24-15(2)3/h8-16,24H,7H2,1-6H3,(H,23,26)/t16-/m0/s1. The van der Waals surface area contributed by atoms with Crippen LogP contribution in [-0.4, -0.2) is 54.8 Å². The zero-order valence-corrected chi connectivity index (χ0v) is 21.7. The monoisotopic (exact) mass is 513 g/mol. The number of amides is 1. The van der Waals surface area contributed by atoms with Crippen molar-refractivity contribution < 1.29 is 31.1 Å². The first kappa shape index (κ1) is 27.4. The third-order valence-electron chi connectivity index (χ3n) is 4.62. The number of nitrogens with zero attached hydrogens (tertiary/aromatic N) is 1. The van der Waals surface area contributed by atoms with E-state index in [2.05, 4.69) is 10.0 Å². The average Bonchev–Trinajstić information content (AvgIpc) is 2.73. The van der Waals surface area contributed by atoms with Gasteiger partial charge in [-0.25, -0.2) is 21.6 Å². The van der Waals surface area contributed by atoms with E-state index in [0.717, 1.165) is 10.6 Å². The lowest BCUT2D eigenvalue weighted by Crippen LogP contribution is -2.45. The average molecular weight is 514 g/mol. The van der Waals surface area contributed by atoms with Crippen LogP contribution in [0.2, 0.25) is 0 Å². The highest BCUT2D eigenvalue weighted by molar-refractivity contribution is 7.92. The molecule has 10 nitrogen and oxygen atoms in total. The van der Waals surface area contributed by atoms with Gasteiger partial charge in [0.25, 0.3) is 0 Å². The zero-order valence-electron chi connectivity index (χ0n) is 20.0. The van der Waals surface area contributed by atoms with Gasteiger partial charge in [0.1, 0.15) is 17.5 Å². The highest BCUT2D eigenvalue weighted by Gasteiger charge is 2.30. The van der Waals surface area contributed by atoms with Crippen LogP contribution in [0.1, 0.15) is 27.7 Å². The van der Waals surface area contributed by atoms with Crippen molar-refractivity contribution in [1.82, 2.24) is 4.72 Å². The number of anilines is 2. The fourth-order valence-corrected chi connectivity index (χ4v) is 5.68. The number of ether oxygens (including phenoxy) is 2. The Morgan fingerprint density at radius 1 is 1.03 bits per heavy atom. The summed E-state index contributed by atoms with van der Waals surface area (Å²) in [6, 6.07) is 8.84. The number of carbonyl (C=O) groups excluding carboxylic acids is 1. The highest BCUT2D eigenvalue weighted by atomic mass is 32.2. The lowest BCUT2D eigenvalue weighted by molar-refractivity contribution is -0.116. The van der Waals surface area contributed by atoms with Gasteiger partial charge < -0.3 is 14.8 Å². The van der Waals surface area contributed by atoms with Gasteiger partial charge in [-0.15, -0.1) is 0 Å². The molecule has 1 amide bonds. The van der Waals surface area contributed by atoms with Crippen molar-refractivity contribution in [1.29, 1.82) is 0 Å². The summed E-state index contributed by atoms with van der Waals surface area (Å²) < 4.78 is 64.3. The minimum absolute atomic E-state index is 0.0727. The quantitative estimate of drug-likeness (QED) is 0.472. The minimum Gasteiger partial charge on any atom is -0.495 e. The van der Waals surface area contributed by atoms with Gasteiger partial charge in [-0.3, -0.25) is 9.10 Å². The fraction of sp³-hybridized carbons (Fsp3) is 0.409. The van der Waals surface area contributed by atoms with Gasteiger partial charge in [-0.2, -0.15) is 0 Å². The molecule has 0 fully saturated rings. The van der Waals surface area contributed by atoms with Gasteiger partial charge in [0.15, 0.2) is 0 Å². The van der Waals surface area contributed by atoms with Gasteiger partial charge in [0.2, 0.25) is 26.0 Å². The van der Waals surface area contributed by atoms with Crippen molar-refractivity contribution in [2.45, 2.75) is 44.7 Å². The molecular formula is C22H31N3O7S2. The maximum Gasteiger partial charge on any atom is 0.248 e. The summed E-state index contributed by atoms with van der Waals surface area (Å²) in [6.07, 6.45) is 0.999. The Morgan fingerprint density at radius 2 is 1.65 bits per heavy atom. The van der Waals surface area contributed by atoms with Gasteiger partial charge >= 0.3 is 0 Å². The SMILES string of the molecule is CCOc1ccc(N([C@@H](C)C(=O)Nc2cc(S(=O)(=O)NC(C)C)ccc2OC)S(C)(=O)=O)cc1. The molecule has 0 radical (unpaired) electrons. The number of benzene rings is 2. The first-order valence-electron chi connectivity index (χ1n) is 10.5. The predicted octanol–water partition coefficient (Wildman–Crippen LogP) is 2.57. The normalized spacial score (nSPS) is 12.8. The van der Waals surface area contributed by atoms with Crippen molar-refractivity contribution in [3.05, 3.63) is 42.5 Å². The second kappa shape index (κ2) is 11.1. The Labute approximate surface area is 201 Å². The molecule has 34 heavy (non-hydrogen) atoms.